The van der Waals surface area contributed by atoms with E-state index in [4.69, 9.17) is 5.11 Å². The van der Waals surface area contributed by atoms with E-state index < -0.39 is 36.2 Å². The monoisotopic (exact) mass is 396 g/mol. The molecule has 6 nitrogen and oxygen atoms in total. The number of alkyl halides is 2. The second-order valence-electron chi connectivity index (χ2n) is 5.94. The number of amides is 2. The van der Waals surface area contributed by atoms with Crippen LogP contribution >= 0.6 is 0 Å². The van der Waals surface area contributed by atoms with Crippen molar-refractivity contribution in [1.82, 2.24) is 5.32 Å². The van der Waals surface area contributed by atoms with Gasteiger partial charge >= 0.3 is 18.6 Å². The first kappa shape index (κ1) is 21.1. The molecule has 0 saturated carbocycles. The lowest BCUT2D eigenvalue weighted by Crippen LogP contribution is -2.39. The molecule has 2 aromatic carbocycles. The molecule has 0 aliphatic heterocycles. The van der Waals surface area contributed by atoms with E-state index in [0.717, 1.165) is 17.7 Å². The maximum Gasteiger partial charge on any atom is 0.387 e. The van der Waals surface area contributed by atoms with Gasteiger partial charge in [-0.05, 0) is 30.5 Å². The van der Waals surface area contributed by atoms with Crippen LogP contribution in [0.25, 0.3) is 0 Å². The number of urea groups is 1. The first-order chi connectivity index (χ1) is 13.3. The second kappa shape index (κ2) is 10.2. The number of halogens is 3. The highest BCUT2D eigenvalue weighted by atomic mass is 19.3. The molecule has 1 unspecified atom stereocenters. The molecule has 0 aliphatic carbocycles. The van der Waals surface area contributed by atoms with E-state index in [0.29, 0.717) is 6.42 Å². The quantitative estimate of drug-likeness (QED) is 0.597. The highest BCUT2D eigenvalue weighted by Gasteiger charge is 2.16. The normalized spacial score (nSPS) is 11.7. The zero-order valence-electron chi connectivity index (χ0n) is 14.7. The van der Waals surface area contributed by atoms with E-state index in [2.05, 4.69) is 15.4 Å². The first-order valence-electron chi connectivity index (χ1n) is 8.41. The molecule has 9 heteroatoms. The Morgan fingerprint density at radius 1 is 1.11 bits per heavy atom. The molecule has 0 spiro atoms. The fourth-order valence-corrected chi connectivity index (χ4v) is 2.54. The van der Waals surface area contributed by atoms with Crippen LogP contribution in [-0.2, 0) is 11.2 Å². The Morgan fingerprint density at radius 3 is 2.43 bits per heavy atom. The average molecular weight is 396 g/mol. The number of carboxylic acid groups (broad SMARTS) is 1. The van der Waals surface area contributed by atoms with Crippen molar-refractivity contribution in [1.29, 1.82) is 0 Å². The third-order valence-electron chi connectivity index (χ3n) is 3.77. The number of carbonyl (C=O) groups is 2. The number of hydrogen-bond donors (Lipinski definition) is 3. The van der Waals surface area contributed by atoms with Crippen molar-refractivity contribution in [3.63, 3.8) is 0 Å². The Hall–Kier alpha value is -3.23. The minimum atomic E-state index is -3.16. The van der Waals surface area contributed by atoms with E-state index in [1.54, 1.807) is 0 Å². The van der Waals surface area contributed by atoms with Gasteiger partial charge < -0.3 is 20.5 Å². The lowest BCUT2D eigenvalue weighted by atomic mass is 10.0. The van der Waals surface area contributed by atoms with Crippen molar-refractivity contribution >= 4 is 17.7 Å². The Bertz CT molecular complexity index is 803. The van der Waals surface area contributed by atoms with Crippen LogP contribution in [-0.4, -0.2) is 29.8 Å². The van der Waals surface area contributed by atoms with Gasteiger partial charge in [0.05, 0.1) is 0 Å². The summed E-state index contributed by atoms with van der Waals surface area (Å²) in [6.45, 7) is -3.16. The molecule has 2 amide bonds. The van der Waals surface area contributed by atoms with E-state index in [1.165, 1.54) is 6.07 Å². The van der Waals surface area contributed by atoms with Gasteiger partial charge in [-0.2, -0.15) is 8.78 Å². The predicted molar refractivity (Wildman–Crippen MR) is 96.0 cm³/mol. The minimum Gasteiger partial charge on any atom is -0.481 e. The van der Waals surface area contributed by atoms with Crippen LogP contribution in [0.1, 0.15) is 18.4 Å². The van der Waals surface area contributed by atoms with Gasteiger partial charge in [-0.25, -0.2) is 9.18 Å². The topological polar surface area (TPSA) is 87.7 Å². The van der Waals surface area contributed by atoms with Gasteiger partial charge in [0.25, 0.3) is 0 Å². The number of rotatable bonds is 9. The van der Waals surface area contributed by atoms with Crippen molar-refractivity contribution in [3.05, 3.63) is 59.9 Å². The van der Waals surface area contributed by atoms with Gasteiger partial charge in [0, 0.05) is 24.2 Å². The summed E-state index contributed by atoms with van der Waals surface area (Å²) in [7, 11) is 0. The molecule has 2 aromatic rings. The van der Waals surface area contributed by atoms with Crippen LogP contribution in [0.15, 0.2) is 48.5 Å². The Labute approximate surface area is 159 Å². The highest BCUT2D eigenvalue weighted by Crippen LogP contribution is 2.22. The van der Waals surface area contributed by atoms with Crippen molar-refractivity contribution in [2.24, 2.45) is 0 Å². The maximum absolute atomic E-state index is 13.7. The summed E-state index contributed by atoms with van der Waals surface area (Å²) >= 11 is 0. The molecule has 0 heterocycles. The molecule has 28 heavy (non-hydrogen) atoms. The smallest absolute Gasteiger partial charge is 0.387 e. The number of aliphatic carboxylic acids is 1. The van der Waals surface area contributed by atoms with Gasteiger partial charge in [-0.15, -0.1) is 0 Å². The number of nitrogens with one attached hydrogen (secondary N) is 2. The molecule has 1 atom stereocenters. The van der Waals surface area contributed by atoms with Crippen LogP contribution in [0.5, 0.6) is 5.75 Å². The molecule has 0 aromatic heterocycles. The van der Waals surface area contributed by atoms with E-state index >= 15 is 0 Å². The Morgan fingerprint density at radius 2 is 1.82 bits per heavy atom. The summed E-state index contributed by atoms with van der Waals surface area (Å²) in [6, 6.07) is 11.1. The van der Waals surface area contributed by atoms with Gasteiger partial charge in [-0.1, -0.05) is 30.3 Å². The minimum absolute atomic E-state index is 0.0355. The van der Waals surface area contributed by atoms with Gasteiger partial charge in [-0.3, -0.25) is 4.79 Å². The molecule has 0 bridgehead atoms. The number of carbonyl (C=O) groups excluding carboxylic acids is 1. The zero-order chi connectivity index (χ0) is 20.5. The summed E-state index contributed by atoms with van der Waals surface area (Å²) in [5.74, 6) is -2.67. The molecule has 0 fully saturated rings. The number of anilines is 1. The summed E-state index contributed by atoms with van der Waals surface area (Å²) in [5, 5.41) is 13.9. The van der Waals surface area contributed by atoms with Crippen molar-refractivity contribution in [3.8, 4) is 5.75 Å². The van der Waals surface area contributed by atoms with Gasteiger partial charge in [0.1, 0.15) is 0 Å². The van der Waals surface area contributed by atoms with E-state index in [9.17, 15) is 22.8 Å². The number of carboxylic acids is 1. The predicted octanol–water partition coefficient (Wildman–Crippen LogP) is 4.02. The summed E-state index contributed by atoms with van der Waals surface area (Å²) in [5.41, 5.74) is 0.950. The van der Waals surface area contributed by atoms with E-state index in [1.807, 2.05) is 30.3 Å². The molecular weight excluding hydrogens is 377 g/mol. The van der Waals surface area contributed by atoms with Crippen LogP contribution < -0.4 is 15.4 Å². The molecule has 0 aliphatic rings. The van der Waals surface area contributed by atoms with Gasteiger partial charge in [0.2, 0.25) is 0 Å². The van der Waals surface area contributed by atoms with Crippen LogP contribution in [0.4, 0.5) is 23.7 Å². The summed E-state index contributed by atoms with van der Waals surface area (Å²) < 4.78 is 42.0. The second-order valence-corrected chi connectivity index (χ2v) is 5.94. The van der Waals surface area contributed by atoms with Crippen molar-refractivity contribution < 1.29 is 32.6 Å². The summed E-state index contributed by atoms with van der Waals surface area (Å²) in [6.07, 6.45) is 0.482. The Balaban J connectivity index is 1.99. The van der Waals surface area contributed by atoms with Crippen LogP contribution in [0.3, 0.4) is 0 Å². The van der Waals surface area contributed by atoms with Crippen LogP contribution in [0.2, 0.25) is 0 Å². The standard InChI is InChI=1S/C19H19F3N2O4/c20-15-11-14(6-8-16(15)28-18(21)22)24-19(27)23-13(7-9-17(25)26)10-12-4-2-1-3-5-12/h1-6,8,11,13,18H,7,9-10H2,(H,25,26)(H2,23,24,27). The van der Waals surface area contributed by atoms with E-state index in [-0.39, 0.29) is 18.5 Å². The molecular formula is C19H19F3N2O4. The fourth-order valence-electron chi connectivity index (χ4n) is 2.54. The third kappa shape index (κ3) is 7.18. The number of hydrogen-bond acceptors (Lipinski definition) is 3. The largest absolute Gasteiger partial charge is 0.481 e. The maximum atomic E-state index is 13.7. The number of benzene rings is 2. The Kier molecular flexibility index (Phi) is 7.67. The average Bonchev–Trinajstić information content (AvgIpc) is 2.62. The lowest BCUT2D eigenvalue weighted by Gasteiger charge is -2.19. The highest BCUT2D eigenvalue weighted by molar-refractivity contribution is 5.89. The van der Waals surface area contributed by atoms with Gasteiger partial charge in [0.15, 0.2) is 11.6 Å². The zero-order valence-corrected chi connectivity index (χ0v) is 14.7. The van der Waals surface area contributed by atoms with Crippen LogP contribution in [0, 0.1) is 5.82 Å². The molecule has 0 saturated heterocycles. The SMILES string of the molecule is O=C(O)CCC(Cc1ccccc1)NC(=O)Nc1ccc(OC(F)F)c(F)c1. The third-order valence-corrected chi connectivity index (χ3v) is 3.77. The molecule has 0 radical (unpaired) electrons. The first-order valence-corrected chi connectivity index (χ1v) is 8.41. The lowest BCUT2D eigenvalue weighted by molar-refractivity contribution is -0.137. The fraction of sp³-hybridized carbons (Fsp3) is 0.263. The van der Waals surface area contributed by atoms with Crippen molar-refractivity contribution in [2.45, 2.75) is 31.9 Å². The van der Waals surface area contributed by atoms with Crippen molar-refractivity contribution in [2.75, 3.05) is 5.32 Å². The molecule has 150 valence electrons. The molecule has 2 rings (SSSR count). The molecule has 3 N–H and O–H groups in total. The summed E-state index contributed by atoms with van der Waals surface area (Å²) in [4.78, 5) is 23.0. The number of ether oxygens (including phenoxy) is 1.